The Morgan fingerprint density at radius 1 is 1.15 bits per heavy atom. The van der Waals surface area contributed by atoms with E-state index < -0.39 is 0 Å². The lowest BCUT2D eigenvalue weighted by Gasteiger charge is -2.37. The van der Waals surface area contributed by atoms with E-state index in [2.05, 4.69) is 49.8 Å². The summed E-state index contributed by atoms with van der Waals surface area (Å²) in [6.45, 7) is 4.70. The maximum absolute atomic E-state index is 5.64. The molecule has 7 heteroatoms. The highest BCUT2D eigenvalue weighted by Crippen LogP contribution is 2.22. The highest BCUT2D eigenvalue weighted by molar-refractivity contribution is 14.0. The van der Waals surface area contributed by atoms with Crippen LogP contribution in [-0.4, -0.2) is 57.7 Å². The topological polar surface area (TPSA) is 40.1 Å². The molecule has 0 spiro atoms. The van der Waals surface area contributed by atoms with Crippen LogP contribution in [0.4, 0.5) is 5.00 Å². The van der Waals surface area contributed by atoms with Gasteiger partial charge in [-0.15, -0.1) is 35.3 Å². The minimum Gasteiger partial charge on any atom is -0.375 e. The number of nitrogens with one attached hydrogen (secondary N) is 1. The maximum atomic E-state index is 5.64. The normalized spacial score (nSPS) is 16.2. The number of aliphatic imine (C=N–C) groups is 1. The third-order valence-corrected chi connectivity index (χ3v) is 5.44. The summed E-state index contributed by atoms with van der Waals surface area (Å²) in [6, 6.07) is 14.6. The van der Waals surface area contributed by atoms with Crippen LogP contribution in [0.15, 0.2) is 52.8 Å². The number of ether oxygens (including phenoxy) is 1. The van der Waals surface area contributed by atoms with Gasteiger partial charge in [-0.05, 0) is 23.1 Å². The van der Waals surface area contributed by atoms with Crippen molar-refractivity contribution in [1.82, 2.24) is 10.2 Å². The minimum atomic E-state index is 0. The zero-order chi connectivity index (χ0) is 17.5. The molecule has 1 N–H and O–H groups in total. The highest BCUT2D eigenvalue weighted by atomic mass is 127. The van der Waals surface area contributed by atoms with Gasteiger partial charge in [0.05, 0.1) is 11.1 Å². The van der Waals surface area contributed by atoms with Gasteiger partial charge in [-0.25, -0.2) is 0 Å². The zero-order valence-corrected chi connectivity index (χ0v) is 18.4. The van der Waals surface area contributed by atoms with E-state index in [1.165, 1.54) is 10.6 Å². The molecule has 0 aliphatic carbocycles. The predicted octanol–water partition coefficient (Wildman–Crippen LogP) is 3.45. The molecule has 0 bridgehead atoms. The van der Waals surface area contributed by atoms with Crippen molar-refractivity contribution in [3.8, 4) is 0 Å². The summed E-state index contributed by atoms with van der Waals surface area (Å²) < 4.78 is 5.64. The Morgan fingerprint density at radius 3 is 2.46 bits per heavy atom. The van der Waals surface area contributed by atoms with Gasteiger partial charge in [0.25, 0.3) is 0 Å². The van der Waals surface area contributed by atoms with Crippen LogP contribution in [0.2, 0.25) is 0 Å². The van der Waals surface area contributed by atoms with Crippen LogP contribution in [-0.2, 0) is 4.74 Å². The Labute approximate surface area is 177 Å². The lowest BCUT2D eigenvalue weighted by molar-refractivity contribution is 0.105. The largest absolute Gasteiger partial charge is 0.375 e. The fraction of sp³-hybridized carbons (Fsp3) is 0.421. The third-order valence-electron chi connectivity index (χ3n) is 4.51. The van der Waals surface area contributed by atoms with Crippen molar-refractivity contribution >= 4 is 46.3 Å². The van der Waals surface area contributed by atoms with E-state index in [0.717, 1.165) is 32.1 Å². The average molecular weight is 486 g/mol. The molecule has 1 saturated heterocycles. The third kappa shape index (κ3) is 5.34. The number of anilines is 1. The van der Waals surface area contributed by atoms with Gasteiger partial charge in [-0.3, -0.25) is 4.99 Å². The van der Waals surface area contributed by atoms with Crippen LogP contribution in [0.3, 0.4) is 0 Å². The Hall–Kier alpha value is -1.32. The summed E-state index contributed by atoms with van der Waals surface area (Å²) in [7, 11) is 3.60. The fourth-order valence-electron chi connectivity index (χ4n) is 3.11. The molecule has 0 saturated carbocycles. The van der Waals surface area contributed by atoms with Gasteiger partial charge >= 0.3 is 0 Å². The molecule has 26 heavy (non-hydrogen) atoms. The summed E-state index contributed by atoms with van der Waals surface area (Å²) in [6.07, 6.45) is 0.0188. The number of benzene rings is 1. The molecule has 1 aromatic carbocycles. The van der Waals surface area contributed by atoms with E-state index >= 15 is 0 Å². The van der Waals surface area contributed by atoms with Gasteiger partial charge in [0, 0.05) is 46.9 Å². The van der Waals surface area contributed by atoms with E-state index in [9.17, 15) is 0 Å². The second-order valence-electron chi connectivity index (χ2n) is 5.99. The monoisotopic (exact) mass is 486 g/mol. The van der Waals surface area contributed by atoms with Crippen LogP contribution in [0.25, 0.3) is 0 Å². The molecule has 5 nitrogen and oxygen atoms in total. The van der Waals surface area contributed by atoms with Crippen LogP contribution in [0.5, 0.6) is 0 Å². The molecule has 142 valence electrons. The van der Waals surface area contributed by atoms with E-state index in [1.807, 2.05) is 25.2 Å². The molecule has 3 rings (SSSR count). The van der Waals surface area contributed by atoms with E-state index in [-0.39, 0.29) is 30.1 Å². The molecule has 1 fully saturated rings. The SMILES string of the molecule is CN=C(NCC(OC)c1ccccc1)N1CCN(c2cccs2)CC1.I. The quantitative estimate of drug-likeness (QED) is 0.400. The average Bonchev–Trinajstić information content (AvgIpc) is 3.21. The Bertz CT molecular complexity index is 657. The number of piperazine rings is 1. The lowest BCUT2D eigenvalue weighted by atomic mass is 10.1. The summed E-state index contributed by atoms with van der Waals surface area (Å²) in [5.74, 6) is 0.948. The fourth-order valence-corrected chi connectivity index (χ4v) is 3.90. The van der Waals surface area contributed by atoms with Crippen molar-refractivity contribution in [2.24, 2.45) is 4.99 Å². The Balaban J connectivity index is 0.00000243. The van der Waals surface area contributed by atoms with Gasteiger partial charge in [0.2, 0.25) is 0 Å². The van der Waals surface area contributed by atoms with Crippen molar-refractivity contribution in [3.05, 3.63) is 53.4 Å². The summed E-state index contributed by atoms with van der Waals surface area (Å²) in [4.78, 5) is 9.22. The van der Waals surface area contributed by atoms with Crippen molar-refractivity contribution in [1.29, 1.82) is 0 Å². The summed E-state index contributed by atoms with van der Waals surface area (Å²) in [5.41, 5.74) is 1.18. The number of guanidine groups is 1. The molecule has 1 unspecified atom stereocenters. The Kier molecular flexibility index (Phi) is 8.67. The van der Waals surface area contributed by atoms with Crippen molar-refractivity contribution in [2.45, 2.75) is 6.10 Å². The minimum absolute atomic E-state index is 0. The second-order valence-corrected chi connectivity index (χ2v) is 6.91. The van der Waals surface area contributed by atoms with Crippen LogP contribution < -0.4 is 10.2 Å². The molecular formula is C19H27IN4OS. The molecule has 2 aromatic rings. The smallest absolute Gasteiger partial charge is 0.193 e. The summed E-state index contributed by atoms with van der Waals surface area (Å²) in [5, 5.41) is 6.96. The second kappa shape index (κ2) is 10.7. The Morgan fingerprint density at radius 2 is 1.88 bits per heavy atom. The lowest BCUT2D eigenvalue weighted by Crippen LogP contribution is -2.53. The zero-order valence-electron chi connectivity index (χ0n) is 15.3. The van der Waals surface area contributed by atoms with Crippen molar-refractivity contribution < 1.29 is 4.74 Å². The number of methoxy groups -OCH3 is 1. The number of hydrogen-bond donors (Lipinski definition) is 1. The van der Waals surface area contributed by atoms with E-state index in [0.29, 0.717) is 6.54 Å². The standard InChI is InChI=1S/C19H26N4OS.HI/c1-20-19(21-15-17(24-2)16-7-4-3-5-8-16)23-12-10-22(11-13-23)18-9-6-14-25-18;/h3-9,14,17H,10-13,15H2,1-2H3,(H,20,21);1H. The van der Waals surface area contributed by atoms with Crippen molar-refractivity contribution in [2.75, 3.05) is 51.8 Å². The predicted molar refractivity (Wildman–Crippen MR) is 121 cm³/mol. The molecule has 0 radical (unpaired) electrons. The van der Waals surface area contributed by atoms with Crippen LogP contribution in [0.1, 0.15) is 11.7 Å². The molecule has 1 aliphatic heterocycles. The number of nitrogens with zero attached hydrogens (tertiary/aromatic N) is 3. The van der Waals surface area contributed by atoms with Gasteiger partial charge in [0.1, 0.15) is 0 Å². The van der Waals surface area contributed by atoms with Gasteiger partial charge in [0.15, 0.2) is 5.96 Å². The number of halogens is 1. The van der Waals surface area contributed by atoms with Gasteiger partial charge in [-0.2, -0.15) is 0 Å². The van der Waals surface area contributed by atoms with Crippen molar-refractivity contribution in [3.63, 3.8) is 0 Å². The van der Waals surface area contributed by atoms with E-state index in [4.69, 9.17) is 4.74 Å². The first kappa shape index (κ1) is 21.0. The first-order valence-electron chi connectivity index (χ1n) is 8.63. The molecule has 2 heterocycles. The molecule has 1 aliphatic rings. The van der Waals surface area contributed by atoms with E-state index in [1.54, 1.807) is 18.4 Å². The van der Waals surface area contributed by atoms with Gasteiger partial charge in [-0.1, -0.05) is 30.3 Å². The number of hydrogen-bond acceptors (Lipinski definition) is 4. The first-order chi connectivity index (χ1) is 12.3. The molecule has 1 aromatic heterocycles. The first-order valence-corrected chi connectivity index (χ1v) is 9.51. The molecule has 0 amide bonds. The summed E-state index contributed by atoms with van der Waals surface area (Å²) >= 11 is 1.80. The molecule has 1 atom stereocenters. The highest BCUT2D eigenvalue weighted by Gasteiger charge is 2.21. The van der Waals surface area contributed by atoms with Crippen LogP contribution >= 0.6 is 35.3 Å². The van der Waals surface area contributed by atoms with Crippen LogP contribution in [0, 0.1) is 0 Å². The number of thiophene rings is 1. The maximum Gasteiger partial charge on any atom is 0.193 e. The van der Waals surface area contributed by atoms with Gasteiger partial charge < -0.3 is 19.9 Å². The number of rotatable bonds is 5. The molecular weight excluding hydrogens is 459 g/mol.